The third kappa shape index (κ3) is 5.17. The summed E-state index contributed by atoms with van der Waals surface area (Å²) in [4.78, 5) is 28.2. The quantitative estimate of drug-likeness (QED) is 0.271. The summed E-state index contributed by atoms with van der Waals surface area (Å²) in [6, 6.07) is 17.3. The van der Waals surface area contributed by atoms with Crippen molar-refractivity contribution in [3.63, 3.8) is 0 Å². The van der Waals surface area contributed by atoms with E-state index in [1.165, 1.54) is 0 Å². The first-order valence-corrected chi connectivity index (χ1v) is 12.0. The average Bonchev–Trinajstić information content (AvgIpc) is 3.13. The number of benzene rings is 2. The Morgan fingerprint density at radius 1 is 1.03 bits per heavy atom. The molecule has 2 heterocycles. The number of rotatable bonds is 9. The zero-order chi connectivity index (χ0) is 24.1. The first-order valence-electron chi connectivity index (χ1n) is 11.5. The fourth-order valence-electron chi connectivity index (χ4n) is 4.16. The molecule has 0 aliphatic rings. The number of unbranched alkanes of at least 4 members (excludes halogenated alkanes) is 2. The molecule has 0 atom stereocenters. The van der Waals surface area contributed by atoms with Crippen molar-refractivity contribution in [3.8, 4) is 5.69 Å². The number of fused-ring (bicyclic) bond motifs is 1. The molecule has 34 heavy (non-hydrogen) atoms. The fourth-order valence-corrected chi connectivity index (χ4v) is 4.45. The fraction of sp³-hybridized carbons (Fsp3) is 0.308. The lowest BCUT2D eigenvalue weighted by molar-refractivity contribution is -0.121. The molecule has 0 unspecified atom stereocenters. The van der Waals surface area contributed by atoms with Crippen LogP contribution in [-0.2, 0) is 17.9 Å². The Kier molecular flexibility index (Phi) is 7.37. The molecule has 1 amide bonds. The average molecular weight is 476 g/mol. The Balaban J connectivity index is 1.25. The summed E-state index contributed by atoms with van der Waals surface area (Å²) >= 11 is 5.36. The van der Waals surface area contributed by atoms with Crippen LogP contribution < -0.4 is 10.9 Å². The lowest BCUT2D eigenvalue weighted by atomic mass is 10.1. The van der Waals surface area contributed by atoms with Crippen molar-refractivity contribution in [2.24, 2.45) is 0 Å². The molecule has 8 heteroatoms. The molecule has 0 aliphatic carbocycles. The molecule has 0 spiro atoms. The smallest absolute Gasteiger partial charge is 0.262 e. The van der Waals surface area contributed by atoms with Gasteiger partial charge in [0.15, 0.2) is 4.77 Å². The molecule has 0 saturated carbocycles. The van der Waals surface area contributed by atoms with E-state index in [9.17, 15) is 9.59 Å². The number of H-pyrrole nitrogens is 1. The van der Waals surface area contributed by atoms with Crippen LogP contribution in [0.5, 0.6) is 0 Å². The van der Waals surface area contributed by atoms with Crippen LogP contribution in [0.15, 0.2) is 59.4 Å². The molecular formula is C26H29N5O2S. The molecule has 2 aromatic heterocycles. The summed E-state index contributed by atoms with van der Waals surface area (Å²) in [6.45, 7) is 4.99. The van der Waals surface area contributed by atoms with Gasteiger partial charge in [0.2, 0.25) is 5.91 Å². The lowest BCUT2D eigenvalue weighted by Gasteiger charge is -2.09. The number of carbonyl (C=O) groups excluding carboxylic acids is 1. The van der Waals surface area contributed by atoms with E-state index >= 15 is 0 Å². The van der Waals surface area contributed by atoms with Crippen LogP contribution in [0.3, 0.4) is 0 Å². The van der Waals surface area contributed by atoms with Gasteiger partial charge >= 0.3 is 0 Å². The highest BCUT2D eigenvalue weighted by molar-refractivity contribution is 7.71. The maximum atomic E-state index is 12.7. The van der Waals surface area contributed by atoms with Gasteiger partial charge in [-0.1, -0.05) is 36.8 Å². The Morgan fingerprint density at radius 3 is 2.56 bits per heavy atom. The standard InChI is InChI=1S/C26H29N5O2S/c1-18-22(19(2)31(29-18)20-11-5-3-6-12-20)17-27-24(32)15-7-4-10-16-30-25(33)21-13-8-9-14-23(21)28-26(30)34/h3,5-6,8-9,11-14H,4,7,10,15-17H2,1-2H3,(H,27,32)(H,28,34). The van der Waals surface area contributed by atoms with Crippen molar-refractivity contribution in [3.05, 3.63) is 86.7 Å². The van der Waals surface area contributed by atoms with Crippen molar-refractivity contribution in [1.82, 2.24) is 24.6 Å². The number of aryl methyl sites for hydroxylation is 1. The van der Waals surface area contributed by atoms with Gasteiger partial charge in [-0.05, 0) is 63.2 Å². The summed E-state index contributed by atoms with van der Waals surface area (Å²) in [7, 11) is 0. The van der Waals surface area contributed by atoms with Gasteiger partial charge in [0.05, 0.1) is 22.3 Å². The Hall–Kier alpha value is -3.52. The highest BCUT2D eigenvalue weighted by atomic mass is 32.1. The monoisotopic (exact) mass is 475 g/mol. The van der Waals surface area contributed by atoms with Crippen LogP contribution in [0, 0.1) is 18.6 Å². The van der Waals surface area contributed by atoms with Crippen molar-refractivity contribution in [2.75, 3.05) is 0 Å². The molecule has 4 rings (SSSR count). The molecule has 0 saturated heterocycles. The van der Waals surface area contributed by atoms with Crippen LogP contribution in [0.25, 0.3) is 16.6 Å². The normalized spacial score (nSPS) is 11.1. The Morgan fingerprint density at radius 2 is 1.76 bits per heavy atom. The van der Waals surface area contributed by atoms with Crippen LogP contribution in [0.4, 0.5) is 0 Å². The second-order valence-electron chi connectivity index (χ2n) is 8.42. The maximum absolute atomic E-state index is 12.7. The molecule has 4 aromatic rings. The van der Waals surface area contributed by atoms with E-state index in [1.54, 1.807) is 10.6 Å². The predicted octanol–water partition coefficient (Wildman–Crippen LogP) is 4.74. The van der Waals surface area contributed by atoms with Crippen LogP contribution >= 0.6 is 12.2 Å². The van der Waals surface area contributed by atoms with E-state index in [2.05, 4.69) is 15.4 Å². The van der Waals surface area contributed by atoms with E-state index < -0.39 is 0 Å². The first kappa shape index (κ1) is 23.6. The number of para-hydroxylation sites is 2. The molecule has 0 fully saturated rings. The molecule has 0 radical (unpaired) electrons. The molecule has 176 valence electrons. The molecule has 0 aliphatic heterocycles. The summed E-state index contributed by atoms with van der Waals surface area (Å²) in [5.41, 5.74) is 4.68. The van der Waals surface area contributed by atoms with E-state index in [0.29, 0.717) is 29.7 Å². The van der Waals surface area contributed by atoms with Crippen molar-refractivity contribution < 1.29 is 4.79 Å². The van der Waals surface area contributed by atoms with Gasteiger partial charge in [0, 0.05) is 30.8 Å². The predicted molar refractivity (Wildman–Crippen MR) is 137 cm³/mol. The minimum atomic E-state index is -0.0705. The Labute approximate surface area is 203 Å². The Bertz CT molecular complexity index is 1420. The molecule has 0 bridgehead atoms. The van der Waals surface area contributed by atoms with Gasteiger partial charge in [-0.2, -0.15) is 5.10 Å². The first-order chi connectivity index (χ1) is 16.5. The molecular weight excluding hydrogens is 446 g/mol. The summed E-state index contributed by atoms with van der Waals surface area (Å²) in [6.07, 6.45) is 2.83. The minimum Gasteiger partial charge on any atom is -0.352 e. The minimum absolute atomic E-state index is 0.0198. The maximum Gasteiger partial charge on any atom is 0.262 e. The third-order valence-electron chi connectivity index (χ3n) is 6.08. The second-order valence-corrected chi connectivity index (χ2v) is 8.80. The van der Waals surface area contributed by atoms with Gasteiger partial charge in [-0.15, -0.1) is 0 Å². The number of carbonyl (C=O) groups is 1. The molecule has 2 N–H and O–H groups in total. The summed E-state index contributed by atoms with van der Waals surface area (Å²) < 4.78 is 3.95. The van der Waals surface area contributed by atoms with E-state index in [0.717, 1.165) is 47.4 Å². The number of hydrogen-bond acceptors (Lipinski definition) is 4. The lowest BCUT2D eigenvalue weighted by Crippen LogP contribution is -2.23. The van der Waals surface area contributed by atoms with Gasteiger partial charge in [0.1, 0.15) is 0 Å². The zero-order valence-electron chi connectivity index (χ0n) is 19.5. The van der Waals surface area contributed by atoms with Gasteiger partial charge in [-0.3, -0.25) is 14.2 Å². The van der Waals surface area contributed by atoms with Crippen LogP contribution in [0.2, 0.25) is 0 Å². The number of nitrogens with one attached hydrogen (secondary N) is 2. The van der Waals surface area contributed by atoms with Crippen molar-refractivity contribution >= 4 is 29.0 Å². The number of aromatic nitrogens is 4. The number of aromatic amines is 1. The third-order valence-corrected chi connectivity index (χ3v) is 6.40. The number of hydrogen-bond donors (Lipinski definition) is 2. The number of amides is 1. The van der Waals surface area contributed by atoms with Gasteiger partial charge in [0.25, 0.3) is 5.56 Å². The van der Waals surface area contributed by atoms with E-state index in [4.69, 9.17) is 12.2 Å². The zero-order valence-corrected chi connectivity index (χ0v) is 20.3. The molecule has 2 aromatic carbocycles. The largest absolute Gasteiger partial charge is 0.352 e. The van der Waals surface area contributed by atoms with E-state index in [-0.39, 0.29) is 11.5 Å². The van der Waals surface area contributed by atoms with Crippen molar-refractivity contribution in [1.29, 1.82) is 0 Å². The number of nitrogens with zero attached hydrogens (tertiary/aromatic N) is 3. The van der Waals surface area contributed by atoms with Crippen LogP contribution in [0.1, 0.15) is 42.6 Å². The topological polar surface area (TPSA) is 84.7 Å². The van der Waals surface area contributed by atoms with Crippen LogP contribution in [-0.4, -0.2) is 25.2 Å². The molecule has 7 nitrogen and oxygen atoms in total. The summed E-state index contributed by atoms with van der Waals surface area (Å²) in [5, 5.41) is 8.29. The van der Waals surface area contributed by atoms with Gasteiger partial charge in [-0.25, -0.2) is 4.68 Å². The highest BCUT2D eigenvalue weighted by Gasteiger charge is 2.13. The van der Waals surface area contributed by atoms with Gasteiger partial charge < -0.3 is 10.3 Å². The SMILES string of the molecule is Cc1nn(-c2ccccc2)c(C)c1CNC(=O)CCCCCn1c(=S)[nH]c2ccccc2c1=O. The van der Waals surface area contributed by atoms with Crippen molar-refractivity contribution in [2.45, 2.75) is 52.6 Å². The highest BCUT2D eigenvalue weighted by Crippen LogP contribution is 2.17. The second kappa shape index (κ2) is 10.6. The van der Waals surface area contributed by atoms with E-state index in [1.807, 2.05) is 67.1 Å². The summed E-state index contributed by atoms with van der Waals surface area (Å²) in [5.74, 6) is 0.0198.